The molecular weight excluding hydrogens is 312 g/mol. The summed E-state index contributed by atoms with van der Waals surface area (Å²) < 4.78 is 22.8. The van der Waals surface area contributed by atoms with Gasteiger partial charge in [0.05, 0.1) is 17.2 Å². The van der Waals surface area contributed by atoms with Gasteiger partial charge in [0, 0.05) is 11.4 Å². The smallest absolute Gasteiger partial charge is 0.312 e. The van der Waals surface area contributed by atoms with Crippen molar-refractivity contribution in [2.45, 2.75) is 31.6 Å². The lowest BCUT2D eigenvalue weighted by Gasteiger charge is -2.16. The molecule has 2 unspecified atom stereocenters. The minimum Gasteiger partial charge on any atom is -0.481 e. The van der Waals surface area contributed by atoms with E-state index in [0.29, 0.717) is 25.1 Å². The Balaban J connectivity index is 1.66. The Morgan fingerprint density at radius 1 is 1.43 bits per heavy atom. The van der Waals surface area contributed by atoms with Gasteiger partial charge in [0.2, 0.25) is 0 Å². The van der Waals surface area contributed by atoms with Gasteiger partial charge in [-0.25, -0.2) is 13.4 Å². The van der Waals surface area contributed by atoms with E-state index in [9.17, 15) is 18.3 Å². The molecule has 1 aromatic rings. The Bertz CT molecular complexity index is 653. The van der Waals surface area contributed by atoms with Gasteiger partial charge in [-0.2, -0.15) is 0 Å². The third kappa shape index (κ3) is 3.21. The van der Waals surface area contributed by atoms with Crippen molar-refractivity contribution in [3.05, 3.63) is 10.6 Å². The number of thiazole rings is 1. The van der Waals surface area contributed by atoms with Crippen molar-refractivity contribution in [2.75, 3.05) is 23.4 Å². The average Bonchev–Trinajstić information content (AvgIpc) is 2.98. The molecule has 21 heavy (non-hydrogen) atoms. The highest BCUT2D eigenvalue weighted by atomic mass is 32.2. The first-order valence-electron chi connectivity index (χ1n) is 7.11. The Labute approximate surface area is 127 Å². The van der Waals surface area contributed by atoms with Gasteiger partial charge in [0.15, 0.2) is 15.0 Å². The van der Waals surface area contributed by atoms with E-state index in [2.05, 4.69) is 10.3 Å². The fraction of sp³-hybridized carbons (Fsp3) is 0.692. The molecule has 1 aliphatic heterocycles. The molecule has 1 saturated heterocycles. The lowest BCUT2D eigenvalue weighted by molar-refractivity contribution is -0.139. The Morgan fingerprint density at radius 2 is 2.24 bits per heavy atom. The average molecular weight is 330 g/mol. The fourth-order valence-electron chi connectivity index (χ4n) is 3.00. The van der Waals surface area contributed by atoms with Gasteiger partial charge in [-0.15, -0.1) is 11.3 Å². The molecule has 1 aromatic heterocycles. The minimum atomic E-state index is -2.86. The molecule has 116 valence electrons. The van der Waals surface area contributed by atoms with Gasteiger partial charge in [0.25, 0.3) is 0 Å². The number of carboxylic acids is 1. The summed E-state index contributed by atoms with van der Waals surface area (Å²) in [6.45, 7) is 0.587. The second kappa shape index (κ2) is 5.57. The number of sulfone groups is 1. The van der Waals surface area contributed by atoms with Crippen LogP contribution in [0.3, 0.4) is 0 Å². The van der Waals surface area contributed by atoms with Crippen LogP contribution in [0, 0.1) is 5.92 Å². The van der Waals surface area contributed by atoms with Crippen LogP contribution in [-0.4, -0.2) is 42.5 Å². The molecule has 0 aromatic carbocycles. The molecule has 0 amide bonds. The third-order valence-corrected chi connectivity index (χ3v) is 7.05. The van der Waals surface area contributed by atoms with Crippen molar-refractivity contribution < 1.29 is 18.3 Å². The zero-order valence-electron chi connectivity index (χ0n) is 11.5. The molecule has 8 heteroatoms. The summed E-state index contributed by atoms with van der Waals surface area (Å²) >= 11 is 1.50. The molecule has 0 spiro atoms. The van der Waals surface area contributed by atoms with Crippen LogP contribution in [0.4, 0.5) is 5.13 Å². The van der Waals surface area contributed by atoms with E-state index >= 15 is 0 Å². The van der Waals surface area contributed by atoms with E-state index in [1.54, 1.807) is 0 Å². The van der Waals surface area contributed by atoms with E-state index in [1.165, 1.54) is 11.3 Å². The van der Waals surface area contributed by atoms with Crippen LogP contribution in [0.5, 0.6) is 0 Å². The lowest BCUT2D eigenvalue weighted by atomic mass is 9.91. The zero-order valence-corrected chi connectivity index (χ0v) is 13.2. The summed E-state index contributed by atoms with van der Waals surface area (Å²) in [5, 5.41) is 13.1. The first-order valence-corrected chi connectivity index (χ1v) is 9.75. The number of rotatable bonds is 4. The Hall–Kier alpha value is -1.15. The number of aliphatic carboxylic acids is 1. The number of hydrogen-bond donors (Lipinski definition) is 2. The van der Waals surface area contributed by atoms with Crippen LogP contribution in [0.2, 0.25) is 0 Å². The molecule has 1 aliphatic carbocycles. The van der Waals surface area contributed by atoms with Crippen LogP contribution in [0.15, 0.2) is 0 Å². The predicted octanol–water partition coefficient (Wildman–Crippen LogP) is 1.49. The van der Waals surface area contributed by atoms with E-state index < -0.39 is 21.7 Å². The molecule has 2 heterocycles. The SMILES string of the molecule is O=C(O)C1CCCc2sc(NCC3CCS(=O)(=O)C3)nc21. The molecule has 6 nitrogen and oxygen atoms in total. The van der Waals surface area contributed by atoms with Crippen LogP contribution in [0.1, 0.15) is 35.8 Å². The number of carbonyl (C=O) groups is 1. The summed E-state index contributed by atoms with van der Waals surface area (Å²) in [4.78, 5) is 16.7. The molecule has 3 rings (SSSR count). The third-order valence-electron chi connectivity index (χ3n) is 4.12. The van der Waals surface area contributed by atoms with E-state index in [1.807, 2.05) is 0 Å². The first kappa shape index (κ1) is 14.8. The number of fused-ring (bicyclic) bond motifs is 1. The topological polar surface area (TPSA) is 96.4 Å². The van der Waals surface area contributed by atoms with Gasteiger partial charge in [-0.05, 0) is 31.6 Å². The lowest BCUT2D eigenvalue weighted by Crippen LogP contribution is -2.18. The summed E-state index contributed by atoms with van der Waals surface area (Å²) in [6, 6.07) is 0. The molecular formula is C13H18N2O4S2. The number of hydrogen-bond acceptors (Lipinski definition) is 6. The van der Waals surface area contributed by atoms with E-state index in [0.717, 1.165) is 22.9 Å². The van der Waals surface area contributed by atoms with Crippen molar-refractivity contribution in [2.24, 2.45) is 5.92 Å². The maximum Gasteiger partial charge on any atom is 0.312 e. The van der Waals surface area contributed by atoms with Crippen LogP contribution < -0.4 is 5.32 Å². The number of aryl methyl sites for hydroxylation is 1. The van der Waals surface area contributed by atoms with E-state index in [4.69, 9.17) is 0 Å². The van der Waals surface area contributed by atoms with Crippen molar-refractivity contribution >= 4 is 32.3 Å². The highest BCUT2D eigenvalue weighted by Gasteiger charge is 2.31. The van der Waals surface area contributed by atoms with Crippen molar-refractivity contribution in [3.63, 3.8) is 0 Å². The number of nitrogens with one attached hydrogen (secondary N) is 1. The molecule has 0 saturated carbocycles. The molecule has 2 N–H and O–H groups in total. The second-order valence-electron chi connectivity index (χ2n) is 5.76. The standard InChI is InChI=1S/C13H18N2O4S2/c16-12(17)9-2-1-3-10-11(9)15-13(20-10)14-6-8-4-5-21(18,19)7-8/h8-9H,1-7H2,(H,14,15)(H,16,17). The number of aromatic nitrogens is 1. The molecule has 1 fully saturated rings. The summed E-state index contributed by atoms with van der Waals surface area (Å²) in [6.07, 6.45) is 3.10. The maximum absolute atomic E-state index is 11.4. The van der Waals surface area contributed by atoms with Crippen molar-refractivity contribution in [1.82, 2.24) is 4.98 Å². The highest BCUT2D eigenvalue weighted by Crippen LogP contribution is 2.37. The van der Waals surface area contributed by atoms with Gasteiger partial charge >= 0.3 is 5.97 Å². The summed E-state index contributed by atoms with van der Waals surface area (Å²) in [7, 11) is -2.86. The summed E-state index contributed by atoms with van der Waals surface area (Å²) in [5.74, 6) is -0.661. The highest BCUT2D eigenvalue weighted by molar-refractivity contribution is 7.91. The van der Waals surface area contributed by atoms with Gasteiger partial charge in [0.1, 0.15) is 5.92 Å². The fourth-order valence-corrected chi connectivity index (χ4v) is 5.93. The summed E-state index contributed by atoms with van der Waals surface area (Å²) in [5.41, 5.74) is 0.695. The first-order chi connectivity index (χ1) is 9.94. The molecule has 0 bridgehead atoms. The molecule has 0 radical (unpaired) electrons. The Morgan fingerprint density at radius 3 is 2.90 bits per heavy atom. The quantitative estimate of drug-likeness (QED) is 0.868. The van der Waals surface area contributed by atoms with Gasteiger partial charge in [-0.3, -0.25) is 4.79 Å². The molecule has 2 atom stereocenters. The van der Waals surface area contributed by atoms with Crippen LogP contribution >= 0.6 is 11.3 Å². The van der Waals surface area contributed by atoms with Crippen LogP contribution in [-0.2, 0) is 21.1 Å². The van der Waals surface area contributed by atoms with Crippen LogP contribution in [0.25, 0.3) is 0 Å². The molecule has 2 aliphatic rings. The monoisotopic (exact) mass is 330 g/mol. The normalized spacial score (nSPS) is 27.2. The number of nitrogens with zero attached hydrogens (tertiary/aromatic N) is 1. The minimum absolute atomic E-state index is 0.131. The second-order valence-corrected chi connectivity index (χ2v) is 9.07. The largest absolute Gasteiger partial charge is 0.481 e. The number of anilines is 1. The van der Waals surface area contributed by atoms with E-state index in [-0.39, 0.29) is 17.4 Å². The van der Waals surface area contributed by atoms with Crippen molar-refractivity contribution in [1.29, 1.82) is 0 Å². The maximum atomic E-state index is 11.4. The Kier molecular flexibility index (Phi) is 3.92. The van der Waals surface area contributed by atoms with Crippen molar-refractivity contribution in [3.8, 4) is 0 Å². The number of carboxylic acid groups (broad SMARTS) is 1. The van der Waals surface area contributed by atoms with Gasteiger partial charge < -0.3 is 10.4 Å². The predicted molar refractivity (Wildman–Crippen MR) is 80.7 cm³/mol. The van der Waals surface area contributed by atoms with Gasteiger partial charge in [-0.1, -0.05) is 0 Å². The zero-order chi connectivity index (χ0) is 15.0.